The molecule has 0 aliphatic heterocycles. The lowest BCUT2D eigenvalue weighted by atomic mass is 10.0. The average Bonchev–Trinajstić information content (AvgIpc) is 2.49. The number of hydrogen-bond donors (Lipinski definition) is 1. The van der Waals surface area contributed by atoms with Gasteiger partial charge >= 0.3 is 0 Å². The van der Waals surface area contributed by atoms with E-state index >= 15 is 0 Å². The van der Waals surface area contributed by atoms with E-state index in [9.17, 15) is 0 Å². The van der Waals surface area contributed by atoms with Crippen LogP contribution in [0.15, 0.2) is 41.3 Å². The van der Waals surface area contributed by atoms with Crippen LogP contribution in [0.25, 0.3) is 0 Å². The number of rotatable bonds is 5. The third kappa shape index (κ3) is 3.94. The number of ether oxygens (including phenoxy) is 1. The number of aryl methyl sites for hydroxylation is 1. The van der Waals surface area contributed by atoms with Crippen LogP contribution in [0, 0.1) is 13.8 Å². The second kappa shape index (κ2) is 7.21. The van der Waals surface area contributed by atoms with Crippen molar-refractivity contribution in [3.63, 3.8) is 0 Å². The highest BCUT2D eigenvalue weighted by molar-refractivity contribution is 7.99. The molecule has 2 aromatic carbocycles. The van der Waals surface area contributed by atoms with Gasteiger partial charge in [-0.3, -0.25) is 0 Å². The van der Waals surface area contributed by atoms with Crippen LogP contribution in [0.1, 0.15) is 22.7 Å². The van der Waals surface area contributed by atoms with Crippen LogP contribution in [-0.2, 0) is 0 Å². The lowest BCUT2D eigenvalue weighted by Crippen LogP contribution is -2.15. The first-order valence-corrected chi connectivity index (χ1v) is 8.17. The Kier molecular flexibility index (Phi) is 5.57. The van der Waals surface area contributed by atoms with Crippen LogP contribution in [0.4, 0.5) is 0 Å². The van der Waals surface area contributed by atoms with Gasteiger partial charge in [0.15, 0.2) is 0 Å². The van der Waals surface area contributed by atoms with Gasteiger partial charge in [0, 0.05) is 27.3 Å². The highest BCUT2D eigenvalue weighted by Crippen LogP contribution is 2.32. The minimum absolute atomic E-state index is 0.0695. The summed E-state index contributed by atoms with van der Waals surface area (Å²) in [6.07, 6.45) is 0. The van der Waals surface area contributed by atoms with Crippen LogP contribution >= 0.6 is 23.4 Å². The predicted octanol–water partition coefficient (Wildman–Crippen LogP) is 4.76. The Balaban J connectivity index is 2.11. The minimum atomic E-state index is -0.0695. The molecule has 0 fully saturated rings. The van der Waals surface area contributed by atoms with Crippen molar-refractivity contribution in [1.82, 2.24) is 0 Å². The van der Waals surface area contributed by atoms with Crippen LogP contribution in [0.2, 0.25) is 5.02 Å². The molecule has 2 rings (SSSR count). The van der Waals surface area contributed by atoms with Crippen molar-refractivity contribution in [2.24, 2.45) is 5.73 Å². The normalized spacial score (nSPS) is 12.2. The minimum Gasteiger partial charge on any atom is -0.496 e. The molecule has 4 heteroatoms. The van der Waals surface area contributed by atoms with Crippen LogP contribution in [-0.4, -0.2) is 12.9 Å². The van der Waals surface area contributed by atoms with E-state index in [2.05, 4.69) is 26.0 Å². The number of methoxy groups -OCH3 is 1. The van der Waals surface area contributed by atoms with Crippen LogP contribution in [0.5, 0.6) is 5.75 Å². The van der Waals surface area contributed by atoms with Crippen molar-refractivity contribution in [2.45, 2.75) is 24.8 Å². The zero-order valence-electron chi connectivity index (χ0n) is 12.5. The molecule has 112 valence electrons. The predicted molar refractivity (Wildman–Crippen MR) is 91.6 cm³/mol. The summed E-state index contributed by atoms with van der Waals surface area (Å²) in [6, 6.07) is 11.9. The van der Waals surface area contributed by atoms with Crippen molar-refractivity contribution < 1.29 is 4.74 Å². The largest absolute Gasteiger partial charge is 0.496 e. The van der Waals surface area contributed by atoms with E-state index in [1.54, 1.807) is 18.9 Å². The van der Waals surface area contributed by atoms with Crippen molar-refractivity contribution in [3.05, 3.63) is 58.1 Å². The Hall–Kier alpha value is -1.16. The number of halogens is 1. The molecule has 0 spiro atoms. The Bertz CT molecular complexity index is 613. The third-order valence-corrected chi connectivity index (χ3v) is 4.94. The fourth-order valence-electron chi connectivity index (χ4n) is 2.18. The summed E-state index contributed by atoms with van der Waals surface area (Å²) < 4.78 is 5.54. The van der Waals surface area contributed by atoms with E-state index < -0.39 is 0 Å². The molecule has 2 aromatic rings. The SMILES string of the molecule is COc1c(C(N)CSc2ccc(Cl)cc2)ccc(C)c1C. The molecule has 0 saturated heterocycles. The van der Waals surface area contributed by atoms with Gasteiger partial charge in [-0.15, -0.1) is 11.8 Å². The quantitative estimate of drug-likeness (QED) is 0.806. The van der Waals surface area contributed by atoms with Crippen LogP contribution in [0.3, 0.4) is 0 Å². The summed E-state index contributed by atoms with van der Waals surface area (Å²) in [6.45, 7) is 4.15. The zero-order chi connectivity index (χ0) is 15.4. The molecule has 21 heavy (non-hydrogen) atoms. The molecule has 1 unspecified atom stereocenters. The number of benzene rings is 2. The topological polar surface area (TPSA) is 35.2 Å². The van der Waals surface area contributed by atoms with E-state index in [0.717, 1.165) is 32.5 Å². The molecule has 2 nitrogen and oxygen atoms in total. The van der Waals surface area contributed by atoms with Gasteiger partial charge < -0.3 is 10.5 Å². The summed E-state index contributed by atoms with van der Waals surface area (Å²) in [5.74, 6) is 1.69. The van der Waals surface area contributed by atoms with Crippen molar-refractivity contribution in [2.75, 3.05) is 12.9 Å². The summed E-state index contributed by atoms with van der Waals surface area (Å²) in [5, 5.41) is 0.750. The molecule has 2 N–H and O–H groups in total. The van der Waals surface area contributed by atoms with E-state index in [-0.39, 0.29) is 6.04 Å². The Morgan fingerprint density at radius 3 is 2.43 bits per heavy atom. The third-order valence-electron chi connectivity index (χ3n) is 3.55. The molecular weight excluding hydrogens is 302 g/mol. The monoisotopic (exact) mass is 321 g/mol. The van der Waals surface area contributed by atoms with Crippen molar-refractivity contribution in [1.29, 1.82) is 0 Å². The Labute approximate surface area is 135 Å². The number of thioether (sulfide) groups is 1. The first-order valence-electron chi connectivity index (χ1n) is 6.81. The average molecular weight is 322 g/mol. The summed E-state index contributed by atoms with van der Waals surface area (Å²) in [7, 11) is 1.70. The van der Waals surface area contributed by atoms with E-state index in [1.165, 1.54) is 5.56 Å². The molecule has 0 aliphatic rings. The molecule has 0 saturated carbocycles. The van der Waals surface area contributed by atoms with Gasteiger partial charge in [-0.1, -0.05) is 23.7 Å². The van der Waals surface area contributed by atoms with Gasteiger partial charge in [-0.05, 0) is 49.2 Å². The highest BCUT2D eigenvalue weighted by Gasteiger charge is 2.15. The molecule has 0 radical (unpaired) electrons. The lowest BCUT2D eigenvalue weighted by Gasteiger charge is -2.18. The van der Waals surface area contributed by atoms with Gasteiger partial charge in [-0.2, -0.15) is 0 Å². The summed E-state index contributed by atoms with van der Waals surface area (Å²) in [5.41, 5.74) is 9.77. The maximum absolute atomic E-state index is 6.34. The second-order valence-electron chi connectivity index (χ2n) is 5.00. The molecular formula is C17H20ClNOS. The molecule has 0 heterocycles. The van der Waals surface area contributed by atoms with Gasteiger partial charge in [-0.25, -0.2) is 0 Å². The first-order chi connectivity index (χ1) is 10.0. The standard InChI is InChI=1S/C17H20ClNOS/c1-11-4-9-15(17(20-3)12(11)2)16(19)10-21-14-7-5-13(18)6-8-14/h4-9,16H,10,19H2,1-3H3. The fourth-order valence-corrected chi connectivity index (χ4v) is 3.19. The Morgan fingerprint density at radius 1 is 1.14 bits per heavy atom. The zero-order valence-corrected chi connectivity index (χ0v) is 14.1. The molecule has 0 aromatic heterocycles. The lowest BCUT2D eigenvalue weighted by molar-refractivity contribution is 0.403. The van der Waals surface area contributed by atoms with Crippen molar-refractivity contribution in [3.8, 4) is 5.75 Å². The first kappa shape index (κ1) is 16.2. The molecule has 0 amide bonds. The smallest absolute Gasteiger partial charge is 0.126 e. The molecule has 0 bridgehead atoms. The van der Waals surface area contributed by atoms with E-state index in [0.29, 0.717) is 0 Å². The van der Waals surface area contributed by atoms with Gasteiger partial charge in [0.05, 0.1) is 7.11 Å². The maximum Gasteiger partial charge on any atom is 0.126 e. The molecule has 1 atom stereocenters. The van der Waals surface area contributed by atoms with Gasteiger partial charge in [0.2, 0.25) is 0 Å². The number of nitrogens with two attached hydrogens (primary N) is 1. The maximum atomic E-state index is 6.34. The van der Waals surface area contributed by atoms with Gasteiger partial charge in [0.1, 0.15) is 5.75 Å². The van der Waals surface area contributed by atoms with Gasteiger partial charge in [0.25, 0.3) is 0 Å². The molecule has 0 aliphatic carbocycles. The van der Waals surface area contributed by atoms with E-state index in [4.69, 9.17) is 22.1 Å². The fraction of sp³-hybridized carbons (Fsp3) is 0.294. The second-order valence-corrected chi connectivity index (χ2v) is 6.53. The highest BCUT2D eigenvalue weighted by atomic mass is 35.5. The van der Waals surface area contributed by atoms with E-state index in [1.807, 2.05) is 24.3 Å². The summed E-state index contributed by atoms with van der Waals surface area (Å²) >= 11 is 7.61. The van der Waals surface area contributed by atoms with Crippen LogP contribution < -0.4 is 10.5 Å². The Morgan fingerprint density at radius 2 is 1.81 bits per heavy atom. The number of hydrogen-bond acceptors (Lipinski definition) is 3. The summed E-state index contributed by atoms with van der Waals surface area (Å²) in [4.78, 5) is 1.16. The van der Waals surface area contributed by atoms with Crippen molar-refractivity contribution >= 4 is 23.4 Å².